The summed E-state index contributed by atoms with van der Waals surface area (Å²) in [4.78, 5) is 16.8. The molecule has 9 nitrogen and oxygen atoms in total. The number of hydrogen-bond acceptors (Lipinski definition) is 8. The smallest absolute Gasteiger partial charge is 0.296 e. The van der Waals surface area contributed by atoms with Crippen molar-refractivity contribution in [3.63, 3.8) is 0 Å². The molecular weight excluding hydrogens is 452 g/mol. The summed E-state index contributed by atoms with van der Waals surface area (Å²) >= 11 is 7.35. The fourth-order valence-corrected chi connectivity index (χ4v) is 3.87. The van der Waals surface area contributed by atoms with Crippen LogP contribution in [0.2, 0.25) is 5.02 Å². The first kappa shape index (κ1) is 21.8. The average Bonchev–Trinajstić information content (AvgIpc) is 3.46. The van der Waals surface area contributed by atoms with Crippen molar-refractivity contribution in [3.05, 3.63) is 53.6 Å². The van der Waals surface area contributed by atoms with Crippen LogP contribution in [0.25, 0.3) is 23.1 Å². The zero-order valence-electron chi connectivity index (χ0n) is 17.3. The summed E-state index contributed by atoms with van der Waals surface area (Å²) in [5, 5.41) is 16.3. The summed E-state index contributed by atoms with van der Waals surface area (Å²) in [6, 6.07) is 14.4. The van der Waals surface area contributed by atoms with Crippen LogP contribution in [0.3, 0.4) is 0 Å². The van der Waals surface area contributed by atoms with Crippen molar-refractivity contribution in [2.75, 3.05) is 18.2 Å². The van der Waals surface area contributed by atoms with Gasteiger partial charge in [0.05, 0.1) is 23.6 Å². The Morgan fingerprint density at radius 1 is 1.19 bits per heavy atom. The lowest BCUT2D eigenvalue weighted by Crippen LogP contribution is -2.15. The van der Waals surface area contributed by atoms with E-state index in [1.165, 1.54) is 11.8 Å². The molecule has 11 heteroatoms. The molecule has 0 unspecified atom stereocenters. The molecule has 164 valence electrons. The molecule has 0 radical (unpaired) electrons. The number of nitrogens with one attached hydrogen (secondary N) is 1. The molecule has 4 rings (SSSR count). The summed E-state index contributed by atoms with van der Waals surface area (Å²) in [5.74, 6) is 1.80. The van der Waals surface area contributed by atoms with Gasteiger partial charge < -0.3 is 14.6 Å². The first-order chi connectivity index (χ1) is 15.6. The highest BCUT2D eigenvalue weighted by Gasteiger charge is 2.20. The quantitative estimate of drug-likeness (QED) is 0.377. The number of ether oxygens (including phenoxy) is 1. The predicted molar refractivity (Wildman–Crippen MR) is 122 cm³/mol. The molecule has 1 N–H and O–H groups in total. The first-order valence-corrected chi connectivity index (χ1v) is 11.0. The maximum absolute atomic E-state index is 12.3. The molecule has 2 aromatic heterocycles. The van der Waals surface area contributed by atoms with Gasteiger partial charge in [0, 0.05) is 12.1 Å². The number of benzene rings is 2. The Labute approximate surface area is 193 Å². The second-order valence-corrected chi connectivity index (χ2v) is 7.87. The number of aromatic nitrogens is 5. The van der Waals surface area contributed by atoms with Gasteiger partial charge in [0.1, 0.15) is 5.75 Å². The van der Waals surface area contributed by atoms with E-state index in [1.54, 1.807) is 31.4 Å². The molecule has 0 aliphatic carbocycles. The van der Waals surface area contributed by atoms with Gasteiger partial charge in [-0.3, -0.25) is 9.36 Å². The second kappa shape index (κ2) is 9.84. The van der Waals surface area contributed by atoms with Gasteiger partial charge in [-0.15, -0.1) is 10.2 Å². The van der Waals surface area contributed by atoms with Crippen LogP contribution in [0, 0.1) is 0 Å². The summed E-state index contributed by atoms with van der Waals surface area (Å²) in [7, 11) is 1.61. The lowest BCUT2D eigenvalue weighted by molar-refractivity contribution is -0.113. The number of carbonyl (C=O) groups is 1. The fourth-order valence-electron chi connectivity index (χ4n) is 2.89. The van der Waals surface area contributed by atoms with Crippen LogP contribution in [-0.2, 0) is 11.3 Å². The van der Waals surface area contributed by atoms with Crippen molar-refractivity contribution >= 4 is 35.0 Å². The minimum atomic E-state index is -0.199. The standard InChI is InChI=1S/C21H19ClN6O3S/c1-3-28-19(20-24-18(27-31-20)13-8-10-14(30-2)11-9-13)25-26-21(28)32-12-17(29)23-16-7-5-4-6-15(16)22/h4-11H,3,12H2,1-2H3,(H,23,29). The van der Waals surface area contributed by atoms with Crippen LogP contribution in [0.4, 0.5) is 5.69 Å². The maximum Gasteiger partial charge on any atom is 0.296 e. The first-order valence-electron chi connectivity index (χ1n) is 9.68. The number of nitrogens with zero attached hydrogens (tertiary/aromatic N) is 5. The molecule has 2 aromatic carbocycles. The molecule has 0 bridgehead atoms. The van der Waals surface area contributed by atoms with Crippen LogP contribution in [-0.4, -0.2) is 43.7 Å². The van der Waals surface area contributed by atoms with Crippen LogP contribution < -0.4 is 10.1 Å². The fraction of sp³-hybridized carbons (Fsp3) is 0.190. The third-order valence-corrected chi connectivity index (χ3v) is 5.78. The molecule has 0 aliphatic heterocycles. The number of rotatable bonds is 8. The highest BCUT2D eigenvalue weighted by Crippen LogP contribution is 2.26. The van der Waals surface area contributed by atoms with Gasteiger partial charge in [-0.05, 0) is 43.3 Å². The van der Waals surface area contributed by atoms with E-state index in [0.29, 0.717) is 34.1 Å². The van der Waals surface area contributed by atoms with Gasteiger partial charge in [-0.2, -0.15) is 4.98 Å². The number of hydrogen-bond donors (Lipinski definition) is 1. The van der Waals surface area contributed by atoms with Crippen molar-refractivity contribution in [1.29, 1.82) is 0 Å². The molecule has 0 saturated heterocycles. The van der Waals surface area contributed by atoms with E-state index in [4.69, 9.17) is 20.9 Å². The van der Waals surface area contributed by atoms with Gasteiger partial charge in [0.15, 0.2) is 5.16 Å². The van der Waals surface area contributed by atoms with E-state index in [-0.39, 0.29) is 17.6 Å². The van der Waals surface area contributed by atoms with E-state index < -0.39 is 0 Å². The van der Waals surface area contributed by atoms with Crippen LogP contribution in [0.5, 0.6) is 5.75 Å². The van der Waals surface area contributed by atoms with E-state index in [0.717, 1.165) is 11.3 Å². The Hall–Kier alpha value is -3.37. The van der Waals surface area contributed by atoms with E-state index in [2.05, 4.69) is 25.7 Å². The molecule has 0 fully saturated rings. The third kappa shape index (κ3) is 4.76. The van der Waals surface area contributed by atoms with E-state index >= 15 is 0 Å². The lowest BCUT2D eigenvalue weighted by Gasteiger charge is -2.07. The minimum Gasteiger partial charge on any atom is -0.497 e. The Kier molecular flexibility index (Phi) is 6.72. The van der Waals surface area contributed by atoms with E-state index in [1.807, 2.05) is 35.8 Å². The SMILES string of the molecule is CCn1c(SCC(=O)Nc2ccccc2Cl)nnc1-c1nc(-c2ccc(OC)cc2)no1. The molecule has 0 aliphatic rings. The number of thioether (sulfide) groups is 1. The zero-order valence-corrected chi connectivity index (χ0v) is 18.9. The summed E-state index contributed by atoms with van der Waals surface area (Å²) in [6.45, 7) is 2.51. The number of carbonyl (C=O) groups excluding carboxylic acids is 1. The van der Waals surface area contributed by atoms with Crippen LogP contribution in [0.1, 0.15) is 6.92 Å². The van der Waals surface area contributed by atoms with Gasteiger partial charge >= 0.3 is 0 Å². The Morgan fingerprint density at radius 2 is 1.97 bits per heavy atom. The van der Waals surface area contributed by atoms with Crippen molar-refractivity contribution in [3.8, 4) is 28.9 Å². The van der Waals surface area contributed by atoms with E-state index in [9.17, 15) is 4.79 Å². The molecule has 0 saturated carbocycles. The van der Waals surface area contributed by atoms with Crippen molar-refractivity contribution in [1.82, 2.24) is 24.9 Å². The highest BCUT2D eigenvalue weighted by atomic mass is 35.5. The van der Waals surface area contributed by atoms with Gasteiger partial charge in [0.2, 0.25) is 17.6 Å². The lowest BCUT2D eigenvalue weighted by atomic mass is 10.2. The molecule has 4 aromatic rings. The van der Waals surface area contributed by atoms with Gasteiger partial charge in [0.25, 0.3) is 5.89 Å². The highest BCUT2D eigenvalue weighted by molar-refractivity contribution is 7.99. The molecule has 32 heavy (non-hydrogen) atoms. The summed E-state index contributed by atoms with van der Waals surface area (Å²) in [6.07, 6.45) is 0. The van der Waals surface area contributed by atoms with Gasteiger partial charge in [-0.25, -0.2) is 0 Å². The minimum absolute atomic E-state index is 0.143. The molecular formula is C21H19ClN6O3S. The predicted octanol–water partition coefficient (Wildman–Crippen LogP) is 4.41. The number of halogens is 1. The molecule has 2 heterocycles. The van der Waals surface area contributed by atoms with Gasteiger partial charge in [-0.1, -0.05) is 40.7 Å². The summed E-state index contributed by atoms with van der Waals surface area (Å²) in [5.41, 5.74) is 1.35. The summed E-state index contributed by atoms with van der Waals surface area (Å²) < 4.78 is 12.4. The number of para-hydroxylation sites is 1. The Bertz CT molecular complexity index is 1220. The second-order valence-electron chi connectivity index (χ2n) is 6.52. The number of anilines is 1. The van der Waals surface area contributed by atoms with Crippen molar-refractivity contribution in [2.45, 2.75) is 18.6 Å². The number of methoxy groups -OCH3 is 1. The molecule has 1 amide bonds. The van der Waals surface area contributed by atoms with Crippen molar-refractivity contribution in [2.24, 2.45) is 0 Å². The van der Waals surface area contributed by atoms with Crippen molar-refractivity contribution < 1.29 is 14.1 Å². The normalized spacial score (nSPS) is 10.8. The van der Waals surface area contributed by atoms with Crippen LogP contribution >= 0.6 is 23.4 Å². The monoisotopic (exact) mass is 470 g/mol. The molecule has 0 atom stereocenters. The Balaban J connectivity index is 1.46. The third-order valence-electron chi connectivity index (χ3n) is 4.48. The molecule has 0 spiro atoms. The number of amides is 1. The average molecular weight is 471 g/mol. The topological polar surface area (TPSA) is 108 Å². The zero-order chi connectivity index (χ0) is 22.5. The largest absolute Gasteiger partial charge is 0.497 e. The van der Waals surface area contributed by atoms with Crippen LogP contribution in [0.15, 0.2) is 58.2 Å². The Morgan fingerprint density at radius 3 is 2.69 bits per heavy atom. The maximum atomic E-state index is 12.3.